The van der Waals surface area contributed by atoms with E-state index in [1.807, 2.05) is 25.1 Å². The van der Waals surface area contributed by atoms with Crippen LogP contribution in [0.25, 0.3) is 0 Å². The Morgan fingerprint density at radius 2 is 2.14 bits per heavy atom. The number of nitrogens with one attached hydrogen (secondary N) is 1. The van der Waals surface area contributed by atoms with Gasteiger partial charge in [0.25, 0.3) is 0 Å². The maximum Gasteiger partial charge on any atom is 0.172 e. The molecule has 4 nitrogen and oxygen atoms in total. The van der Waals surface area contributed by atoms with E-state index in [0.29, 0.717) is 0 Å². The summed E-state index contributed by atoms with van der Waals surface area (Å²) < 4.78 is 6.91. The molecule has 0 spiro atoms. The number of aryl methyl sites for hydroxylation is 1. The topological polar surface area (TPSA) is 47.0 Å². The van der Waals surface area contributed by atoms with Crippen LogP contribution in [0.4, 0.5) is 5.82 Å². The molecule has 0 saturated carbocycles. The standard InChI is InChI=1S/C16H18BrN3O/c1-3-8-18-16-14(17)10(2)19-15(20-16)13-9-11-6-4-5-7-12(11)21-13/h4-7,13H,3,8-9H2,1-2H3,(H,18,19,20). The first-order chi connectivity index (χ1) is 10.2. The zero-order valence-electron chi connectivity index (χ0n) is 12.2. The van der Waals surface area contributed by atoms with E-state index in [2.05, 4.69) is 44.2 Å². The highest BCUT2D eigenvalue weighted by Crippen LogP contribution is 2.36. The third-order valence-corrected chi connectivity index (χ3v) is 4.46. The normalized spacial score (nSPS) is 16.4. The highest BCUT2D eigenvalue weighted by molar-refractivity contribution is 9.10. The lowest BCUT2D eigenvalue weighted by Crippen LogP contribution is -2.13. The monoisotopic (exact) mass is 347 g/mol. The van der Waals surface area contributed by atoms with Crippen molar-refractivity contribution in [2.75, 3.05) is 11.9 Å². The largest absolute Gasteiger partial charge is 0.482 e. The summed E-state index contributed by atoms with van der Waals surface area (Å²) in [7, 11) is 0. The molecular formula is C16H18BrN3O. The molecule has 1 unspecified atom stereocenters. The van der Waals surface area contributed by atoms with Crippen molar-refractivity contribution in [3.8, 4) is 5.75 Å². The fourth-order valence-corrected chi connectivity index (χ4v) is 2.73. The van der Waals surface area contributed by atoms with Crippen LogP contribution >= 0.6 is 15.9 Å². The van der Waals surface area contributed by atoms with Crippen LogP contribution in [0, 0.1) is 6.92 Å². The minimum Gasteiger partial charge on any atom is -0.482 e. The van der Waals surface area contributed by atoms with E-state index in [9.17, 15) is 0 Å². The summed E-state index contributed by atoms with van der Waals surface area (Å²) in [5.41, 5.74) is 2.15. The number of benzene rings is 1. The van der Waals surface area contributed by atoms with E-state index in [-0.39, 0.29) is 6.10 Å². The number of rotatable bonds is 4. The smallest absolute Gasteiger partial charge is 0.172 e. The van der Waals surface area contributed by atoms with Gasteiger partial charge in [0.2, 0.25) is 0 Å². The number of para-hydroxylation sites is 1. The predicted octanol–water partition coefficient (Wildman–Crippen LogP) is 4.05. The summed E-state index contributed by atoms with van der Waals surface area (Å²) in [6.45, 7) is 5.00. The highest BCUT2D eigenvalue weighted by atomic mass is 79.9. The van der Waals surface area contributed by atoms with E-state index in [1.54, 1.807) is 0 Å². The van der Waals surface area contributed by atoms with Crippen LogP contribution in [-0.2, 0) is 6.42 Å². The molecule has 2 heterocycles. The predicted molar refractivity (Wildman–Crippen MR) is 86.8 cm³/mol. The molecule has 110 valence electrons. The number of ether oxygens (including phenoxy) is 1. The number of aromatic nitrogens is 2. The average molecular weight is 348 g/mol. The van der Waals surface area contributed by atoms with E-state index >= 15 is 0 Å². The van der Waals surface area contributed by atoms with Crippen molar-refractivity contribution >= 4 is 21.7 Å². The first-order valence-corrected chi connectivity index (χ1v) is 8.00. The average Bonchev–Trinajstić information content (AvgIpc) is 2.92. The van der Waals surface area contributed by atoms with Gasteiger partial charge in [-0.3, -0.25) is 0 Å². The SMILES string of the molecule is CCCNc1nc(C2Cc3ccccc3O2)nc(C)c1Br. The first kappa shape index (κ1) is 14.3. The van der Waals surface area contributed by atoms with E-state index < -0.39 is 0 Å². The van der Waals surface area contributed by atoms with Gasteiger partial charge in [-0.2, -0.15) is 0 Å². The molecule has 3 rings (SSSR count). The Balaban J connectivity index is 1.88. The highest BCUT2D eigenvalue weighted by Gasteiger charge is 2.27. The Hall–Kier alpha value is -1.62. The first-order valence-electron chi connectivity index (χ1n) is 7.21. The second-order valence-electron chi connectivity index (χ2n) is 5.17. The third-order valence-electron chi connectivity index (χ3n) is 3.51. The minimum atomic E-state index is -0.101. The van der Waals surface area contributed by atoms with E-state index in [0.717, 1.165) is 46.9 Å². The van der Waals surface area contributed by atoms with Crippen LogP contribution in [0.2, 0.25) is 0 Å². The number of nitrogens with zero attached hydrogens (tertiary/aromatic N) is 2. The van der Waals surface area contributed by atoms with Crippen LogP contribution in [0.15, 0.2) is 28.7 Å². The molecule has 0 aliphatic carbocycles. The van der Waals surface area contributed by atoms with Gasteiger partial charge in [0, 0.05) is 13.0 Å². The van der Waals surface area contributed by atoms with Crippen LogP contribution in [-0.4, -0.2) is 16.5 Å². The van der Waals surface area contributed by atoms with E-state index in [4.69, 9.17) is 4.74 Å². The fourth-order valence-electron chi connectivity index (χ4n) is 2.41. The molecule has 1 aliphatic heterocycles. The zero-order valence-corrected chi connectivity index (χ0v) is 13.8. The van der Waals surface area contributed by atoms with Crippen LogP contribution in [0.3, 0.4) is 0 Å². The molecule has 0 bridgehead atoms. The summed E-state index contributed by atoms with van der Waals surface area (Å²) >= 11 is 3.55. The van der Waals surface area contributed by atoms with Crippen molar-refractivity contribution in [3.05, 3.63) is 45.8 Å². The summed E-state index contributed by atoms with van der Waals surface area (Å²) in [5, 5.41) is 3.33. The van der Waals surface area contributed by atoms with Gasteiger partial charge in [-0.25, -0.2) is 9.97 Å². The van der Waals surface area contributed by atoms with Gasteiger partial charge in [-0.15, -0.1) is 0 Å². The Labute approximate surface area is 133 Å². The van der Waals surface area contributed by atoms with Crippen LogP contribution in [0.1, 0.15) is 36.5 Å². The van der Waals surface area contributed by atoms with Gasteiger partial charge in [-0.1, -0.05) is 25.1 Å². The van der Waals surface area contributed by atoms with Gasteiger partial charge >= 0.3 is 0 Å². The summed E-state index contributed by atoms with van der Waals surface area (Å²) in [4.78, 5) is 9.23. The van der Waals surface area contributed by atoms with Crippen molar-refractivity contribution in [2.45, 2.75) is 32.8 Å². The Bertz CT molecular complexity index is 635. The van der Waals surface area contributed by atoms with Crippen molar-refractivity contribution < 1.29 is 4.74 Å². The Kier molecular flexibility index (Phi) is 4.10. The zero-order chi connectivity index (χ0) is 14.8. The lowest BCUT2D eigenvalue weighted by Gasteiger charge is -2.14. The maximum absolute atomic E-state index is 5.98. The molecule has 0 saturated heterocycles. The summed E-state index contributed by atoms with van der Waals surface area (Å²) in [5.74, 6) is 2.53. The Morgan fingerprint density at radius 3 is 2.90 bits per heavy atom. The molecule has 21 heavy (non-hydrogen) atoms. The number of hydrogen-bond donors (Lipinski definition) is 1. The fraction of sp³-hybridized carbons (Fsp3) is 0.375. The molecule has 1 aromatic carbocycles. The summed E-state index contributed by atoms with van der Waals surface area (Å²) in [6, 6.07) is 8.12. The minimum absolute atomic E-state index is 0.101. The van der Waals surface area contributed by atoms with E-state index in [1.165, 1.54) is 5.56 Å². The lowest BCUT2D eigenvalue weighted by molar-refractivity contribution is 0.227. The van der Waals surface area contributed by atoms with Gasteiger partial charge in [-0.05, 0) is 40.9 Å². The van der Waals surface area contributed by atoms with Gasteiger partial charge in [0.1, 0.15) is 11.6 Å². The number of anilines is 1. The molecular weight excluding hydrogens is 330 g/mol. The molecule has 2 aromatic rings. The van der Waals surface area contributed by atoms with Crippen molar-refractivity contribution in [1.29, 1.82) is 0 Å². The van der Waals surface area contributed by atoms with Crippen LogP contribution in [0.5, 0.6) is 5.75 Å². The van der Waals surface area contributed by atoms with Crippen molar-refractivity contribution in [3.63, 3.8) is 0 Å². The number of halogens is 1. The quantitative estimate of drug-likeness (QED) is 0.906. The summed E-state index contributed by atoms with van der Waals surface area (Å²) in [6.07, 6.45) is 1.78. The third kappa shape index (κ3) is 2.88. The lowest BCUT2D eigenvalue weighted by atomic mass is 10.1. The molecule has 0 fully saturated rings. The number of fused-ring (bicyclic) bond motifs is 1. The van der Waals surface area contributed by atoms with Crippen LogP contribution < -0.4 is 10.1 Å². The second kappa shape index (κ2) is 6.02. The molecule has 1 atom stereocenters. The van der Waals surface area contributed by atoms with Gasteiger partial charge in [0.15, 0.2) is 11.9 Å². The second-order valence-corrected chi connectivity index (χ2v) is 5.97. The van der Waals surface area contributed by atoms with Crippen molar-refractivity contribution in [1.82, 2.24) is 9.97 Å². The molecule has 0 amide bonds. The molecule has 0 radical (unpaired) electrons. The molecule has 1 N–H and O–H groups in total. The maximum atomic E-state index is 5.98. The molecule has 1 aromatic heterocycles. The molecule has 5 heteroatoms. The molecule has 1 aliphatic rings. The Morgan fingerprint density at radius 1 is 1.33 bits per heavy atom. The van der Waals surface area contributed by atoms with Crippen molar-refractivity contribution in [2.24, 2.45) is 0 Å². The van der Waals surface area contributed by atoms with Gasteiger partial charge in [0.05, 0.1) is 10.2 Å². The van der Waals surface area contributed by atoms with Gasteiger partial charge < -0.3 is 10.1 Å². The number of hydrogen-bond acceptors (Lipinski definition) is 4.